The van der Waals surface area contributed by atoms with E-state index < -0.39 is 0 Å². The van der Waals surface area contributed by atoms with Crippen LogP contribution in [0.3, 0.4) is 0 Å². The number of allylic oxidation sites excluding steroid dienone is 1. The van der Waals surface area contributed by atoms with Crippen LogP contribution in [-0.2, 0) is 0 Å². The van der Waals surface area contributed by atoms with E-state index in [1.54, 1.807) is 0 Å². The van der Waals surface area contributed by atoms with Gasteiger partial charge in [-0.15, -0.1) is 0 Å². The minimum Gasteiger partial charge on any atom is -0.392 e. The molecule has 1 N–H and O–H groups in total. The first-order chi connectivity index (χ1) is 5.34. The molecule has 5 unspecified atom stereocenters. The predicted molar refractivity (Wildman–Crippen MR) is 43.0 cm³/mol. The normalized spacial score (nSPS) is 58.8. The van der Waals surface area contributed by atoms with Crippen molar-refractivity contribution in [3.8, 4) is 0 Å². The molecule has 1 nitrogen and oxygen atoms in total. The zero-order chi connectivity index (χ0) is 7.42. The van der Waals surface area contributed by atoms with Crippen LogP contribution in [0.2, 0.25) is 0 Å². The van der Waals surface area contributed by atoms with Gasteiger partial charge in [-0.05, 0) is 37.0 Å². The summed E-state index contributed by atoms with van der Waals surface area (Å²) in [6.07, 6.45) is 8.43. The van der Waals surface area contributed by atoms with Gasteiger partial charge in [0.1, 0.15) is 0 Å². The fourth-order valence-corrected chi connectivity index (χ4v) is 3.30. The molecule has 0 heterocycles. The Hall–Kier alpha value is -0.300. The van der Waals surface area contributed by atoms with Crippen LogP contribution >= 0.6 is 0 Å². The Kier molecular flexibility index (Phi) is 1.07. The molecule has 1 heteroatoms. The number of aliphatic hydroxyl groups excluding tert-OH is 1. The molecule has 0 aromatic heterocycles. The first kappa shape index (κ1) is 6.24. The van der Waals surface area contributed by atoms with E-state index in [4.69, 9.17) is 0 Å². The molecule has 60 valence electrons. The molecular weight excluding hydrogens is 136 g/mol. The molecule has 0 aromatic rings. The molecule has 0 radical (unpaired) electrons. The van der Waals surface area contributed by atoms with Crippen LogP contribution in [0.25, 0.3) is 0 Å². The third-order valence-corrected chi connectivity index (χ3v) is 3.89. The third kappa shape index (κ3) is 0.698. The molecule has 0 spiro atoms. The fourth-order valence-electron chi connectivity index (χ4n) is 3.30. The summed E-state index contributed by atoms with van der Waals surface area (Å²) in [5.74, 6) is 2.91. The summed E-state index contributed by atoms with van der Waals surface area (Å²) in [4.78, 5) is 0. The van der Waals surface area contributed by atoms with Gasteiger partial charge in [0.25, 0.3) is 0 Å². The Labute approximate surface area is 67.1 Å². The van der Waals surface area contributed by atoms with Crippen molar-refractivity contribution in [1.82, 2.24) is 0 Å². The summed E-state index contributed by atoms with van der Waals surface area (Å²) in [6.45, 7) is 0. The quantitative estimate of drug-likeness (QED) is 0.520. The maximum absolute atomic E-state index is 9.83. The zero-order valence-corrected chi connectivity index (χ0v) is 6.61. The molecular formula is C10H14O. The highest BCUT2D eigenvalue weighted by Gasteiger charge is 2.46. The summed E-state index contributed by atoms with van der Waals surface area (Å²) in [5.41, 5.74) is 0. The van der Waals surface area contributed by atoms with Crippen LogP contribution in [0, 0.1) is 23.7 Å². The molecule has 3 aliphatic rings. The Morgan fingerprint density at radius 3 is 2.55 bits per heavy atom. The highest BCUT2D eigenvalue weighted by Crippen LogP contribution is 2.51. The van der Waals surface area contributed by atoms with Crippen molar-refractivity contribution in [3.63, 3.8) is 0 Å². The highest BCUT2D eigenvalue weighted by molar-refractivity contribution is 5.12. The van der Waals surface area contributed by atoms with E-state index in [0.717, 1.165) is 11.8 Å². The molecule has 3 rings (SSSR count). The summed E-state index contributed by atoms with van der Waals surface area (Å²) in [6, 6.07) is 0. The van der Waals surface area contributed by atoms with Crippen molar-refractivity contribution in [1.29, 1.82) is 0 Å². The Bertz CT molecular complexity index is 209. The fraction of sp³-hybridized carbons (Fsp3) is 0.800. The predicted octanol–water partition coefficient (Wildman–Crippen LogP) is 1.58. The molecule has 0 aromatic carbocycles. The second kappa shape index (κ2) is 1.89. The van der Waals surface area contributed by atoms with Gasteiger partial charge < -0.3 is 5.11 Å². The van der Waals surface area contributed by atoms with Gasteiger partial charge in [0.2, 0.25) is 0 Å². The number of aliphatic hydroxyl groups is 1. The van der Waals surface area contributed by atoms with Crippen molar-refractivity contribution in [2.75, 3.05) is 0 Å². The first-order valence-electron chi connectivity index (χ1n) is 4.71. The van der Waals surface area contributed by atoms with E-state index in [1.807, 2.05) is 0 Å². The molecule has 2 saturated carbocycles. The topological polar surface area (TPSA) is 20.2 Å². The lowest BCUT2D eigenvalue weighted by Crippen LogP contribution is -2.32. The Morgan fingerprint density at radius 1 is 0.909 bits per heavy atom. The Balaban J connectivity index is 2.03. The monoisotopic (exact) mass is 150 g/mol. The van der Waals surface area contributed by atoms with Crippen molar-refractivity contribution in [2.24, 2.45) is 23.7 Å². The van der Waals surface area contributed by atoms with Crippen LogP contribution in [-0.4, -0.2) is 11.2 Å². The van der Waals surface area contributed by atoms with E-state index in [0.29, 0.717) is 11.8 Å². The van der Waals surface area contributed by atoms with E-state index in [1.165, 1.54) is 19.3 Å². The second-order valence-corrected chi connectivity index (χ2v) is 4.43. The van der Waals surface area contributed by atoms with E-state index in [-0.39, 0.29) is 6.10 Å². The standard InChI is InChI=1S/C10H14O/c11-10-7-2-1-6-3-9(10)5-8(6)4-7/h1-2,6-11H,3-5H2. The molecule has 0 amide bonds. The van der Waals surface area contributed by atoms with Gasteiger partial charge in [0.05, 0.1) is 6.10 Å². The largest absolute Gasteiger partial charge is 0.392 e. The van der Waals surface area contributed by atoms with E-state index in [2.05, 4.69) is 12.2 Å². The van der Waals surface area contributed by atoms with Crippen LogP contribution in [0.1, 0.15) is 19.3 Å². The molecule has 0 aliphatic heterocycles. The zero-order valence-electron chi connectivity index (χ0n) is 6.61. The van der Waals surface area contributed by atoms with Crippen LogP contribution in [0.15, 0.2) is 12.2 Å². The average Bonchev–Trinajstić information content (AvgIpc) is 2.33. The lowest BCUT2D eigenvalue weighted by atomic mass is 9.74. The molecule has 11 heavy (non-hydrogen) atoms. The van der Waals surface area contributed by atoms with Crippen LogP contribution in [0.4, 0.5) is 0 Å². The van der Waals surface area contributed by atoms with Gasteiger partial charge >= 0.3 is 0 Å². The summed E-state index contributed by atoms with van der Waals surface area (Å²) in [7, 11) is 0. The lowest BCUT2D eigenvalue weighted by Gasteiger charge is -2.33. The maximum Gasteiger partial charge on any atom is 0.0631 e. The first-order valence-corrected chi connectivity index (χ1v) is 4.71. The van der Waals surface area contributed by atoms with Crippen molar-refractivity contribution < 1.29 is 5.11 Å². The average molecular weight is 150 g/mol. The minimum absolute atomic E-state index is 0.00463. The van der Waals surface area contributed by atoms with Gasteiger partial charge in [-0.25, -0.2) is 0 Å². The van der Waals surface area contributed by atoms with Crippen molar-refractivity contribution >= 4 is 0 Å². The van der Waals surface area contributed by atoms with Crippen molar-refractivity contribution in [2.45, 2.75) is 25.4 Å². The van der Waals surface area contributed by atoms with E-state index in [9.17, 15) is 5.11 Å². The molecule has 2 fully saturated rings. The van der Waals surface area contributed by atoms with Gasteiger partial charge in [0.15, 0.2) is 0 Å². The van der Waals surface area contributed by atoms with Gasteiger partial charge in [-0.2, -0.15) is 0 Å². The number of fused-ring (bicyclic) bond motifs is 2. The third-order valence-electron chi connectivity index (χ3n) is 3.89. The number of hydrogen-bond donors (Lipinski definition) is 1. The van der Waals surface area contributed by atoms with Gasteiger partial charge in [0, 0.05) is 5.92 Å². The van der Waals surface area contributed by atoms with Crippen molar-refractivity contribution in [3.05, 3.63) is 12.2 Å². The summed E-state index contributed by atoms with van der Waals surface area (Å²) >= 11 is 0. The molecule has 0 saturated heterocycles. The van der Waals surface area contributed by atoms with Gasteiger partial charge in [-0.3, -0.25) is 0 Å². The second-order valence-electron chi connectivity index (χ2n) is 4.43. The molecule has 5 atom stereocenters. The number of rotatable bonds is 0. The van der Waals surface area contributed by atoms with E-state index >= 15 is 0 Å². The molecule has 3 aliphatic carbocycles. The molecule has 3 bridgehead atoms. The van der Waals surface area contributed by atoms with Gasteiger partial charge in [-0.1, -0.05) is 12.2 Å². The number of hydrogen-bond acceptors (Lipinski definition) is 1. The minimum atomic E-state index is -0.00463. The summed E-state index contributed by atoms with van der Waals surface area (Å²) in [5, 5.41) is 9.83. The van der Waals surface area contributed by atoms with Crippen LogP contribution in [0.5, 0.6) is 0 Å². The lowest BCUT2D eigenvalue weighted by molar-refractivity contribution is 0.0406. The van der Waals surface area contributed by atoms with Crippen LogP contribution < -0.4 is 0 Å². The highest BCUT2D eigenvalue weighted by atomic mass is 16.3. The Morgan fingerprint density at radius 2 is 1.64 bits per heavy atom. The summed E-state index contributed by atoms with van der Waals surface area (Å²) < 4.78 is 0. The SMILES string of the molecule is OC1C2C=CC3CC1CC3C2. The smallest absolute Gasteiger partial charge is 0.0631 e. The maximum atomic E-state index is 9.83.